The molecular formula is C22H30N4O2S. The lowest BCUT2D eigenvalue weighted by molar-refractivity contribution is 0.273. The summed E-state index contributed by atoms with van der Waals surface area (Å²) < 4.78 is 27.1. The van der Waals surface area contributed by atoms with Crippen molar-refractivity contribution >= 4 is 16.0 Å². The molecule has 0 aromatic heterocycles. The van der Waals surface area contributed by atoms with Crippen LogP contribution >= 0.6 is 0 Å². The van der Waals surface area contributed by atoms with Gasteiger partial charge in [0.25, 0.3) is 0 Å². The van der Waals surface area contributed by atoms with E-state index in [0.29, 0.717) is 23.9 Å². The van der Waals surface area contributed by atoms with E-state index in [0.717, 1.165) is 31.9 Å². The summed E-state index contributed by atoms with van der Waals surface area (Å²) in [6.07, 6.45) is 1.68. The number of sulfonamides is 1. The van der Waals surface area contributed by atoms with Crippen LogP contribution in [0.4, 0.5) is 0 Å². The Bertz CT molecular complexity index is 921. The minimum absolute atomic E-state index is 0.373. The topological polar surface area (TPSA) is 73.8 Å². The van der Waals surface area contributed by atoms with E-state index in [1.165, 1.54) is 11.1 Å². The van der Waals surface area contributed by atoms with Crippen LogP contribution in [0.1, 0.15) is 24.0 Å². The molecule has 1 fully saturated rings. The maximum absolute atomic E-state index is 12.7. The molecule has 2 aromatic rings. The second-order valence-electron chi connectivity index (χ2n) is 7.46. The number of guanidine groups is 1. The SMILES string of the molecule is CN=C(NCc1cccc(C)c1)NCC1CCN(S(=O)(=O)c2ccccc2)CC1. The first-order chi connectivity index (χ1) is 14.0. The molecule has 2 aromatic carbocycles. The number of hydrogen-bond donors (Lipinski definition) is 2. The minimum atomic E-state index is -3.39. The van der Waals surface area contributed by atoms with Crippen molar-refractivity contribution in [2.45, 2.75) is 31.2 Å². The molecule has 0 saturated carbocycles. The molecule has 29 heavy (non-hydrogen) atoms. The molecule has 0 spiro atoms. The van der Waals surface area contributed by atoms with Gasteiger partial charge in [-0.15, -0.1) is 0 Å². The summed E-state index contributed by atoms with van der Waals surface area (Å²) >= 11 is 0. The Morgan fingerprint density at radius 2 is 1.79 bits per heavy atom. The number of nitrogens with one attached hydrogen (secondary N) is 2. The van der Waals surface area contributed by atoms with Crippen LogP contribution in [0.5, 0.6) is 0 Å². The van der Waals surface area contributed by atoms with Gasteiger partial charge in [-0.1, -0.05) is 48.0 Å². The van der Waals surface area contributed by atoms with E-state index in [1.54, 1.807) is 35.6 Å². The number of hydrogen-bond acceptors (Lipinski definition) is 3. The van der Waals surface area contributed by atoms with Gasteiger partial charge in [0.15, 0.2) is 5.96 Å². The number of piperidine rings is 1. The molecule has 3 rings (SSSR count). The van der Waals surface area contributed by atoms with E-state index in [1.807, 2.05) is 6.07 Å². The molecule has 7 heteroatoms. The number of aryl methyl sites for hydroxylation is 1. The Balaban J connectivity index is 1.45. The molecule has 6 nitrogen and oxygen atoms in total. The molecule has 0 radical (unpaired) electrons. The summed E-state index contributed by atoms with van der Waals surface area (Å²) in [7, 11) is -1.62. The van der Waals surface area contributed by atoms with Crippen molar-refractivity contribution in [1.82, 2.24) is 14.9 Å². The highest BCUT2D eigenvalue weighted by Gasteiger charge is 2.29. The van der Waals surface area contributed by atoms with Gasteiger partial charge in [0.05, 0.1) is 4.90 Å². The van der Waals surface area contributed by atoms with Crippen molar-refractivity contribution < 1.29 is 8.42 Å². The molecule has 0 atom stereocenters. The molecule has 0 unspecified atom stereocenters. The lowest BCUT2D eigenvalue weighted by atomic mass is 9.98. The fourth-order valence-corrected chi connectivity index (χ4v) is 5.06. The van der Waals surface area contributed by atoms with Crippen LogP contribution in [0.25, 0.3) is 0 Å². The highest BCUT2D eigenvalue weighted by molar-refractivity contribution is 7.89. The molecule has 2 N–H and O–H groups in total. The monoisotopic (exact) mass is 414 g/mol. The van der Waals surface area contributed by atoms with Crippen LogP contribution in [0.2, 0.25) is 0 Å². The van der Waals surface area contributed by atoms with Gasteiger partial charge >= 0.3 is 0 Å². The van der Waals surface area contributed by atoms with Gasteiger partial charge in [0.2, 0.25) is 10.0 Å². The van der Waals surface area contributed by atoms with Crippen molar-refractivity contribution in [3.63, 3.8) is 0 Å². The summed E-state index contributed by atoms with van der Waals surface area (Å²) in [5.41, 5.74) is 2.46. The van der Waals surface area contributed by atoms with Crippen LogP contribution in [0.15, 0.2) is 64.5 Å². The predicted molar refractivity (Wildman–Crippen MR) is 117 cm³/mol. The number of aliphatic imine (C=N–C) groups is 1. The zero-order valence-electron chi connectivity index (χ0n) is 17.1. The number of benzene rings is 2. The Labute approximate surface area is 174 Å². The normalized spacial score (nSPS) is 16.6. The summed E-state index contributed by atoms with van der Waals surface area (Å²) in [5.74, 6) is 1.19. The van der Waals surface area contributed by atoms with Gasteiger partial charge in [-0.3, -0.25) is 4.99 Å². The largest absolute Gasteiger partial charge is 0.356 e. The average molecular weight is 415 g/mol. The van der Waals surface area contributed by atoms with Gasteiger partial charge in [-0.25, -0.2) is 8.42 Å². The van der Waals surface area contributed by atoms with Gasteiger partial charge < -0.3 is 10.6 Å². The second kappa shape index (κ2) is 9.89. The summed E-state index contributed by atoms with van der Waals surface area (Å²) in [5, 5.41) is 6.72. The second-order valence-corrected chi connectivity index (χ2v) is 9.39. The van der Waals surface area contributed by atoms with Crippen molar-refractivity contribution in [3.8, 4) is 0 Å². The molecule has 0 bridgehead atoms. The summed E-state index contributed by atoms with van der Waals surface area (Å²) in [6.45, 7) is 4.69. The average Bonchev–Trinajstić information content (AvgIpc) is 2.75. The van der Waals surface area contributed by atoms with Gasteiger partial charge in [-0.2, -0.15) is 4.31 Å². The van der Waals surface area contributed by atoms with Gasteiger partial charge in [0.1, 0.15) is 0 Å². The Morgan fingerprint density at radius 1 is 1.07 bits per heavy atom. The molecule has 156 valence electrons. The maximum Gasteiger partial charge on any atom is 0.243 e. The third kappa shape index (κ3) is 5.81. The minimum Gasteiger partial charge on any atom is -0.356 e. The van der Waals surface area contributed by atoms with E-state index in [-0.39, 0.29) is 0 Å². The molecule has 1 saturated heterocycles. The molecule has 0 aliphatic carbocycles. The van der Waals surface area contributed by atoms with Crippen molar-refractivity contribution in [1.29, 1.82) is 0 Å². The zero-order chi connectivity index (χ0) is 20.7. The van der Waals surface area contributed by atoms with E-state index >= 15 is 0 Å². The standard InChI is InChI=1S/C22H30N4O2S/c1-18-7-6-8-20(15-18)17-25-22(23-2)24-16-19-11-13-26(14-12-19)29(27,28)21-9-4-3-5-10-21/h3-10,15,19H,11-14,16-17H2,1-2H3,(H2,23,24,25). The van der Waals surface area contributed by atoms with Crippen molar-refractivity contribution in [3.05, 3.63) is 65.7 Å². The molecule has 1 heterocycles. The van der Waals surface area contributed by atoms with Crippen molar-refractivity contribution in [2.24, 2.45) is 10.9 Å². The van der Waals surface area contributed by atoms with Gasteiger partial charge in [0, 0.05) is 33.2 Å². The Kier molecular flexibility index (Phi) is 7.28. The van der Waals surface area contributed by atoms with E-state index in [4.69, 9.17) is 0 Å². The molecular weight excluding hydrogens is 384 g/mol. The molecule has 0 amide bonds. The van der Waals surface area contributed by atoms with Crippen LogP contribution in [-0.4, -0.2) is 45.4 Å². The fourth-order valence-electron chi connectivity index (χ4n) is 3.56. The quantitative estimate of drug-likeness (QED) is 0.563. The Hall–Kier alpha value is -2.38. The first-order valence-electron chi connectivity index (χ1n) is 10.0. The van der Waals surface area contributed by atoms with Crippen LogP contribution in [0, 0.1) is 12.8 Å². The van der Waals surface area contributed by atoms with E-state index in [2.05, 4.69) is 46.8 Å². The highest BCUT2D eigenvalue weighted by Crippen LogP contribution is 2.23. The zero-order valence-corrected chi connectivity index (χ0v) is 18.0. The van der Waals surface area contributed by atoms with Crippen LogP contribution in [-0.2, 0) is 16.6 Å². The van der Waals surface area contributed by atoms with Crippen LogP contribution < -0.4 is 10.6 Å². The first-order valence-corrected chi connectivity index (χ1v) is 11.5. The smallest absolute Gasteiger partial charge is 0.243 e. The van der Waals surface area contributed by atoms with E-state index < -0.39 is 10.0 Å². The maximum atomic E-state index is 12.7. The van der Waals surface area contributed by atoms with Gasteiger partial charge in [-0.05, 0) is 43.4 Å². The third-order valence-corrected chi connectivity index (χ3v) is 7.19. The predicted octanol–water partition coefficient (Wildman–Crippen LogP) is 2.76. The fraction of sp³-hybridized carbons (Fsp3) is 0.409. The summed E-state index contributed by atoms with van der Waals surface area (Å²) in [4.78, 5) is 4.66. The van der Waals surface area contributed by atoms with Crippen molar-refractivity contribution in [2.75, 3.05) is 26.7 Å². The lowest BCUT2D eigenvalue weighted by Gasteiger charge is -2.31. The number of rotatable bonds is 6. The van der Waals surface area contributed by atoms with E-state index in [9.17, 15) is 8.42 Å². The molecule has 1 aliphatic rings. The third-order valence-electron chi connectivity index (χ3n) is 5.28. The first kappa shape index (κ1) is 21.3. The lowest BCUT2D eigenvalue weighted by Crippen LogP contribution is -2.44. The highest BCUT2D eigenvalue weighted by atomic mass is 32.2. The van der Waals surface area contributed by atoms with Crippen LogP contribution in [0.3, 0.4) is 0 Å². The molecule has 1 aliphatic heterocycles. The number of nitrogens with zero attached hydrogens (tertiary/aromatic N) is 2. The Morgan fingerprint density at radius 3 is 2.45 bits per heavy atom. The summed E-state index contributed by atoms with van der Waals surface area (Å²) in [6, 6.07) is 17.1.